The number of nitrogens with one attached hydrogen (secondary N) is 1. The van der Waals surface area contributed by atoms with Gasteiger partial charge in [-0.05, 0) is 30.3 Å². The number of halogens is 1. The molecule has 2 amide bonds. The number of hydrogen-bond donors (Lipinski definition) is 2. The maximum Gasteiger partial charge on any atom is 0.267 e. The Morgan fingerprint density at radius 2 is 1.78 bits per heavy atom. The monoisotopic (exact) mass is 383 g/mol. The minimum atomic E-state index is -0.599. The van der Waals surface area contributed by atoms with Crippen molar-refractivity contribution in [3.8, 4) is 11.3 Å². The zero-order valence-electron chi connectivity index (χ0n) is 14.5. The second-order valence-corrected chi connectivity index (χ2v) is 6.78. The summed E-state index contributed by atoms with van der Waals surface area (Å²) in [7, 11) is 0. The van der Waals surface area contributed by atoms with Crippen LogP contribution >= 0.6 is 11.6 Å². The van der Waals surface area contributed by atoms with E-state index < -0.39 is 5.91 Å². The number of amides is 2. The van der Waals surface area contributed by atoms with Crippen molar-refractivity contribution in [2.24, 2.45) is 5.73 Å². The zero-order valence-corrected chi connectivity index (χ0v) is 15.2. The molecule has 1 aromatic carbocycles. The van der Waals surface area contributed by atoms with Crippen molar-refractivity contribution >= 4 is 28.9 Å². The highest BCUT2D eigenvalue weighted by molar-refractivity contribution is 6.34. The molecule has 0 saturated carbocycles. The van der Waals surface area contributed by atoms with Gasteiger partial charge in [0.1, 0.15) is 5.69 Å². The van der Waals surface area contributed by atoms with Crippen LogP contribution in [0, 0.1) is 0 Å². The number of primary amides is 1. The Morgan fingerprint density at radius 3 is 2.44 bits per heavy atom. The van der Waals surface area contributed by atoms with Gasteiger partial charge >= 0.3 is 0 Å². The Morgan fingerprint density at radius 1 is 1.07 bits per heavy atom. The molecule has 27 heavy (non-hydrogen) atoms. The van der Waals surface area contributed by atoms with Crippen molar-refractivity contribution in [2.45, 2.75) is 0 Å². The number of benzene rings is 1. The fourth-order valence-corrected chi connectivity index (χ4v) is 3.45. The predicted octanol–water partition coefficient (Wildman–Crippen LogP) is 1.80. The van der Waals surface area contributed by atoms with Crippen molar-refractivity contribution < 1.29 is 9.59 Å². The number of aromatic nitrogens is 2. The number of nitrogens with two attached hydrogens (primary N) is 1. The SMILES string of the molecule is NC(=O)c1cc(Cl)c2ccc(-c3ccc(C(=O)N4CCNCC4)cc3)nn12. The molecule has 1 saturated heterocycles. The first-order chi connectivity index (χ1) is 13.0. The molecular formula is C19H18ClN5O2. The summed E-state index contributed by atoms with van der Waals surface area (Å²) in [6, 6.07) is 12.4. The van der Waals surface area contributed by atoms with E-state index in [9.17, 15) is 9.59 Å². The standard InChI is InChI=1S/C19H18ClN5O2/c20-14-11-17(18(21)26)25-16(14)6-5-15(23-25)12-1-3-13(4-2-12)19(27)24-9-7-22-8-10-24/h1-6,11,22H,7-10H2,(H2,21,26). The van der Waals surface area contributed by atoms with Crippen molar-refractivity contribution in [2.75, 3.05) is 26.2 Å². The number of carbonyl (C=O) groups is 2. The molecule has 0 radical (unpaired) electrons. The lowest BCUT2D eigenvalue weighted by Gasteiger charge is -2.27. The summed E-state index contributed by atoms with van der Waals surface area (Å²) >= 11 is 6.13. The minimum Gasteiger partial charge on any atom is -0.364 e. The van der Waals surface area contributed by atoms with Crippen LogP contribution in [0.15, 0.2) is 42.5 Å². The Kier molecular flexibility index (Phi) is 4.55. The quantitative estimate of drug-likeness (QED) is 0.721. The maximum absolute atomic E-state index is 12.6. The summed E-state index contributed by atoms with van der Waals surface area (Å²) in [5.41, 5.74) is 8.36. The third kappa shape index (κ3) is 3.27. The first kappa shape index (κ1) is 17.5. The van der Waals surface area contributed by atoms with Crippen molar-refractivity contribution in [3.63, 3.8) is 0 Å². The van der Waals surface area contributed by atoms with Crippen LogP contribution in [0.5, 0.6) is 0 Å². The Bertz CT molecular complexity index is 1020. The Hall–Kier alpha value is -2.90. The van der Waals surface area contributed by atoms with E-state index in [-0.39, 0.29) is 11.6 Å². The van der Waals surface area contributed by atoms with E-state index in [2.05, 4.69) is 10.4 Å². The highest BCUT2D eigenvalue weighted by Crippen LogP contribution is 2.25. The van der Waals surface area contributed by atoms with Gasteiger partial charge in [-0.1, -0.05) is 23.7 Å². The van der Waals surface area contributed by atoms with Crippen molar-refractivity contribution in [1.82, 2.24) is 19.8 Å². The molecule has 3 aromatic rings. The molecule has 0 aliphatic carbocycles. The summed E-state index contributed by atoms with van der Waals surface area (Å²) < 4.78 is 1.44. The third-order valence-electron chi connectivity index (χ3n) is 4.66. The summed E-state index contributed by atoms with van der Waals surface area (Å²) in [6.45, 7) is 3.05. The molecule has 0 unspecified atom stereocenters. The smallest absolute Gasteiger partial charge is 0.267 e. The lowest BCUT2D eigenvalue weighted by molar-refractivity contribution is 0.0735. The number of hydrogen-bond acceptors (Lipinski definition) is 4. The van der Waals surface area contributed by atoms with Crippen LogP contribution in [0.4, 0.5) is 0 Å². The van der Waals surface area contributed by atoms with E-state index in [4.69, 9.17) is 17.3 Å². The lowest BCUT2D eigenvalue weighted by Crippen LogP contribution is -2.46. The normalized spacial score (nSPS) is 14.5. The topological polar surface area (TPSA) is 92.7 Å². The summed E-state index contributed by atoms with van der Waals surface area (Å²) in [6.07, 6.45) is 0. The third-order valence-corrected chi connectivity index (χ3v) is 4.96. The minimum absolute atomic E-state index is 0.0275. The van der Waals surface area contributed by atoms with Gasteiger partial charge in [-0.15, -0.1) is 0 Å². The fraction of sp³-hybridized carbons (Fsp3) is 0.211. The average Bonchev–Trinajstić information content (AvgIpc) is 3.04. The van der Waals surface area contributed by atoms with Crippen LogP contribution in [0.25, 0.3) is 16.8 Å². The average molecular weight is 384 g/mol. The molecule has 8 heteroatoms. The Labute approximate surface area is 160 Å². The molecule has 1 fully saturated rings. The van der Waals surface area contributed by atoms with E-state index in [1.54, 1.807) is 18.2 Å². The van der Waals surface area contributed by atoms with Crippen LogP contribution < -0.4 is 11.1 Å². The van der Waals surface area contributed by atoms with E-state index >= 15 is 0 Å². The van der Waals surface area contributed by atoms with E-state index in [1.165, 1.54) is 10.6 Å². The first-order valence-corrected chi connectivity index (χ1v) is 9.01. The summed E-state index contributed by atoms with van der Waals surface area (Å²) in [5, 5.41) is 8.13. The molecule has 138 valence electrons. The number of nitrogens with zero attached hydrogens (tertiary/aromatic N) is 3. The predicted molar refractivity (Wildman–Crippen MR) is 103 cm³/mol. The highest BCUT2D eigenvalue weighted by Gasteiger charge is 2.18. The molecular weight excluding hydrogens is 366 g/mol. The highest BCUT2D eigenvalue weighted by atomic mass is 35.5. The molecule has 7 nitrogen and oxygen atoms in total. The van der Waals surface area contributed by atoms with Gasteiger partial charge in [0.05, 0.1) is 16.2 Å². The first-order valence-electron chi connectivity index (χ1n) is 8.63. The van der Waals surface area contributed by atoms with Crippen LogP contribution in [-0.4, -0.2) is 52.5 Å². The van der Waals surface area contributed by atoms with Crippen LogP contribution in [0.3, 0.4) is 0 Å². The molecule has 3 heterocycles. The largest absolute Gasteiger partial charge is 0.364 e. The second kappa shape index (κ2) is 7.02. The second-order valence-electron chi connectivity index (χ2n) is 6.38. The maximum atomic E-state index is 12.6. The molecule has 1 aliphatic rings. The zero-order chi connectivity index (χ0) is 19.0. The van der Waals surface area contributed by atoms with Gasteiger partial charge in [-0.2, -0.15) is 5.10 Å². The molecule has 0 atom stereocenters. The summed E-state index contributed by atoms with van der Waals surface area (Å²) in [4.78, 5) is 26.0. The van der Waals surface area contributed by atoms with Crippen LogP contribution in [0.2, 0.25) is 5.02 Å². The number of rotatable bonds is 3. The summed E-state index contributed by atoms with van der Waals surface area (Å²) in [5.74, 6) is -0.571. The van der Waals surface area contributed by atoms with Gasteiger partial charge in [0.2, 0.25) is 0 Å². The van der Waals surface area contributed by atoms with Crippen molar-refractivity contribution in [3.05, 3.63) is 58.7 Å². The molecule has 0 spiro atoms. The lowest BCUT2D eigenvalue weighted by atomic mass is 10.1. The molecule has 0 bridgehead atoms. The van der Waals surface area contributed by atoms with Crippen LogP contribution in [-0.2, 0) is 0 Å². The van der Waals surface area contributed by atoms with Gasteiger partial charge in [-0.25, -0.2) is 4.52 Å². The molecule has 1 aliphatic heterocycles. The van der Waals surface area contributed by atoms with Gasteiger partial charge < -0.3 is 16.0 Å². The van der Waals surface area contributed by atoms with E-state index in [1.807, 2.05) is 23.1 Å². The number of piperazine rings is 1. The molecule has 2 aromatic heterocycles. The number of carbonyl (C=O) groups excluding carboxylic acids is 2. The Balaban J connectivity index is 1.64. The van der Waals surface area contributed by atoms with Crippen molar-refractivity contribution in [1.29, 1.82) is 0 Å². The van der Waals surface area contributed by atoms with Gasteiger partial charge in [0.25, 0.3) is 11.8 Å². The fourth-order valence-electron chi connectivity index (χ4n) is 3.21. The van der Waals surface area contributed by atoms with Gasteiger partial charge in [0.15, 0.2) is 0 Å². The van der Waals surface area contributed by atoms with Gasteiger partial charge in [-0.3, -0.25) is 9.59 Å². The molecule has 4 rings (SSSR count). The molecule has 3 N–H and O–H groups in total. The van der Waals surface area contributed by atoms with Crippen LogP contribution in [0.1, 0.15) is 20.8 Å². The van der Waals surface area contributed by atoms with Gasteiger partial charge in [0, 0.05) is 37.3 Å². The van der Waals surface area contributed by atoms with E-state index in [0.29, 0.717) is 34.9 Å². The number of fused-ring (bicyclic) bond motifs is 1. The van der Waals surface area contributed by atoms with E-state index in [0.717, 1.165) is 18.7 Å².